The number of nitrogens with one attached hydrogen (secondary N) is 1. The van der Waals surface area contributed by atoms with Crippen LogP contribution in [0.2, 0.25) is 0 Å². The Kier molecular flexibility index (Phi) is 5.74. The van der Waals surface area contributed by atoms with Gasteiger partial charge in [-0.25, -0.2) is 0 Å². The molecule has 0 amide bonds. The number of thioether (sulfide) groups is 1. The second-order valence-electron chi connectivity index (χ2n) is 4.56. The summed E-state index contributed by atoms with van der Waals surface area (Å²) in [6.07, 6.45) is 6.78. The molecule has 0 radical (unpaired) electrons. The quantitative estimate of drug-likeness (QED) is 0.779. The van der Waals surface area contributed by atoms with Crippen LogP contribution in [0.25, 0.3) is 0 Å². The highest BCUT2D eigenvalue weighted by Gasteiger charge is 2.04. The van der Waals surface area contributed by atoms with E-state index in [0.717, 1.165) is 24.4 Å². The second kappa shape index (κ2) is 7.80. The number of nitrogens with zero attached hydrogens (tertiary/aromatic N) is 1. The van der Waals surface area contributed by atoms with Gasteiger partial charge in [-0.1, -0.05) is 0 Å². The van der Waals surface area contributed by atoms with Crippen molar-refractivity contribution in [3.05, 3.63) is 48.8 Å². The minimum absolute atomic E-state index is 0.185. The first-order valence-corrected chi connectivity index (χ1v) is 7.95. The lowest BCUT2D eigenvalue weighted by atomic mass is 10.2. The van der Waals surface area contributed by atoms with Crippen molar-refractivity contribution in [3.8, 4) is 5.75 Å². The average Bonchev–Trinajstić information content (AvgIpc) is 2.49. The van der Waals surface area contributed by atoms with Crippen LogP contribution in [0.15, 0.2) is 53.7 Å². The van der Waals surface area contributed by atoms with E-state index in [1.54, 1.807) is 24.2 Å². The fraction of sp³-hybridized carbons (Fsp3) is 0.312. The normalized spacial score (nSPS) is 11.9. The highest BCUT2D eigenvalue weighted by Crippen LogP contribution is 2.20. The van der Waals surface area contributed by atoms with Gasteiger partial charge in [0.1, 0.15) is 5.75 Å². The van der Waals surface area contributed by atoms with Gasteiger partial charge in [-0.3, -0.25) is 4.98 Å². The van der Waals surface area contributed by atoms with Crippen molar-refractivity contribution in [2.45, 2.75) is 24.3 Å². The highest BCUT2D eigenvalue weighted by molar-refractivity contribution is 7.98. The molecule has 2 rings (SSSR count). The number of ether oxygens (including phenoxy) is 1. The molecule has 0 bridgehead atoms. The molecule has 0 spiro atoms. The molecule has 0 aliphatic rings. The van der Waals surface area contributed by atoms with Crippen molar-refractivity contribution >= 4 is 17.4 Å². The lowest BCUT2D eigenvalue weighted by Crippen LogP contribution is -2.16. The third kappa shape index (κ3) is 4.78. The van der Waals surface area contributed by atoms with Crippen molar-refractivity contribution in [2.75, 3.05) is 18.1 Å². The molecule has 1 atom stereocenters. The van der Waals surface area contributed by atoms with Crippen molar-refractivity contribution in [1.29, 1.82) is 0 Å². The number of rotatable bonds is 7. The molecule has 2 aromatic rings. The van der Waals surface area contributed by atoms with Gasteiger partial charge < -0.3 is 10.1 Å². The van der Waals surface area contributed by atoms with Crippen LogP contribution in [0.1, 0.15) is 13.3 Å². The van der Waals surface area contributed by atoms with Gasteiger partial charge in [0.15, 0.2) is 0 Å². The smallest absolute Gasteiger partial charge is 0.119 e. The SMILES string of the molecule is CSc1ccc(OC(C)CCNc2ccncc2)cc1. The number of hydrogen-bond acceptors (Lipinski definition) is 4. The monoisotopic (exact) mass is 288 g/mol. The molecule has 0 saturated heterocycles. The van der Waals surface area contributed by atoms with Crippen molar-refractivity contribution < 1.29 is 4.74 Å². The van der Waals surface area contributed by atoms with E-state index in [1.165, 1.54) is 4.90 Å². The predicted octanol–water partition coefficient (Wildman–Crippen LogP) is 4.07. The Labute approximate surface area is 124 Å². The maximum absolute atomic E-state index is 5.89. The zero-order valence-corrected chi connectivity index (χ0v) is 12.7. The van der Waals surface area contributed by atoms with E-state index in [9.17, 15) is 0 Å². The lowest BCUT2D eigenvalue weighted by molar-refractivity contribution is 0.215. The number of anilines is 1. The highest BCUT2D eigenvalue weighted by atomic mass is 32.2. The number of pyridine rings is 1. The first-order chi connectivity index (χ1) is 9.78. The minimum Gasteiger partial charge on any atom is -0.491 e. The van der Waals surface area contributed by atoms with Crippen LogP contribution in [0.5, 0.6) is 5.75 Å². The van der Waals surface area contributed by atoms with E-state index in [1.807, 2.05) is 24.3 Å². The summed E-state index contributed by atoms with van der Waals surface area (Å²) in [6.45, 7) is 2.98. The first kappa shape index (κ1) is 14.7. The van der Waals surface area contributed by atoms with E-state index in [0.29, 0.717) is 0 Å². The maximum Gasteiger partial charge on any atom is 0.119 e. The molecule has 0 fully saturated rings. The summed E-state index contributed by atoms with van der Waals surface area (Å²) in [5.41, 5.74) is 1.09. The van der Waals surface area contributed by atoms with E-state index >= 15 is 0 Å². The van der Waals surface area contributed by atoms with Crippen LogP contribution in [0, 0.1) is 0 Å². The Bertz CT molecular complexity index is 502. The summed E-state index contributed by atoms with van der Waals surface area (Å²) < 4.78 is 5.89. The fourth-order valence-corrected chi connectivity index (χ4v) is 2.24. The first-order valence-electron chi connectivity index (χ1n) is 6.72. The molecule has 1 aromatic carbocycles. The van der Waals surface area contributed by atoms with Crippen LogP contribution in [0.4, 0.5) is 5.69 Å². The molecule has 106 valence electrons. The van der Waals surface area contributed by atoms with Crippen LogP contribution in [0.3, 0.4) is 0 Å². The Morgan fingerprint density at radius 2 is 1.85 bits per heavy atom. The van der Waals surface area contributed by atoms with Crippen LogP contribution in [-0.4, -0.2) is 23.9 Å². The molecule has 3 nitrogen and oxygen atoms in total. The Morgan fingerprint density at radius 3 is 2.50 bits per heavy atom. The summed E-state index contributed by atoms with van der Waals surface area (Å²) in [5, 5.41) is 3.36. The summed E-state index contributed by atoms with van der Waals surface area (Å²) in [7, 11) is 0. The van der Waals surface area contributed by atoms with Gasteiger partial charge in [-0.15, -0.1) is 11.8 Å². The van der Waals surface area contributed by atoms with E-state index in [-0.39, 0.29) is 6.10 Å². The van der Waals surface area contributed by atoms with Gasteiger partial charge in [0.05, 0.1) is 6.10 Å². The average molecular weight is 288 g/mol. The topological polar surface area (TPSA) is 34.1 Å². The number of aromatic nitrogens is 1. The van der Waals surface area contributed by atoms with Gasteiger partial charge in [0.2, 0.25) is 0 Å². The molecule has 0 aliphatic carbocycles. The third-order valence-corrected chi connectivity index (χ3v) is 3.70. The summed E-state index contributed by atoms with van der Waals surface area (Å²) in [5.74, 6) is 0.930. The summed E-state index contributed by atoms with van der Waals surface area (Å²) in [4.78, 5) is 5.25. The Balaban J connectivity index is 1.73. The van der Waals surface area contributed by atoms with Gasteiger partial charge in [-0.2, -0.15) is 0 Å². The van der Waals surface area contributed by atoms with Crippen molar-refractivity contribution in [2.24, 2.45) is 0 Å². The van der Waals surface area contributed by atoms with Gasteiger partial charge in [0.25, 0.3) is 0 Å². The molecular weight excluding hydrogens is 268 g/mol. The van der Waals surface area contributed by atoms with Crippen LogP contribution < -0.4 is 10.1 Å². The molecule has 20 heavy (non-hydrogen) atoms. The van der Waals surface area contributed by atoms with E-state index in [4.69, 9.17) is 4.74 Å². The van der Waals surface area contributed by atoms with Gasteiger partial charge >= 0.3 is 0 Å². The Hall–Kier alpha value is -1.68. The van der Waals surface area contributed by atoms with Crippen molar-refractivity contribution in [3.63, 3.8) is 0 Å². The zero-order chi connectivity index (χ0) is 14.2. The zero-order valence-electron chi connectivity index (χ0n) is 11.9. The molecule has 1 N–H and O–H groups in total. The number of benzene rings is 1. The molecule has 1 heterocycles. The largest absolute Gasteiger partial charge is 0.491 e. The molecule has 0 aliphatic heterocycles. The van der Waals surface area contributed by atoms with E-state index in [2.05, 4.69) is 35.6 Å². The Morgan fingerprint density at radius 1 is 1.15 bits per heavy atom. The third-order valence-electron chi connectivity index (χ3n) is 2.96. The van der Waals surface area contributed by atoms with E-state index < -0.39 is 0 Å². The number of hydrogen-bond donors (Lipinski definition) is 1. The minimum atomic E-state index is 0.185. The summed E-state index contributed by atoms with van der Waals surface area (Å²) in [6, 6.07) is 12.2. The predicted molar refractivity (Wildman–Crippen MR) is 85.7 cm³/mol. The lowest BCUT2D eigenvalue weighted by Gasteiger charge is -2.15. The van der Waals surface area contributed by atoms with Gasteiger partial charge in [0, 0.05) is 35.9 Å². The molecule has 1 unspecified atom stereocenters. The van der Waals surface area contributed by atoms with Crippen LogP contribution in [-0.2, 0) is 0 Å². The fourth-order valence-electron chi connectivity index (χ4n) is 1.84. The standard InChI is InChI=1S/C16H20N2OS/c1-13(7-12-18-14-8-10-17-11-9-14)19-15-3-5-16(20-2)6-4-15/h3-6,8-11,13H,7,12H2,1-2H3,(H,17,18). The second-order valence-corrected chi connectivity index (χ2v) is 5.43. The maximum atomic E-state index is 5.89. The summed E-state index contributed by atoms with van der Waals surface area (Å²) >= 11 is 1.74. The molecule has 0 saturated carbocycles. The van der Waals surface area contributed by atoms with Gasteiger partial charge in [-0.05, 0) is 49.6 Å². The van der Waals surface area contributed by atoms with Crippen LogP contribution >= 0.6 is 11.8 Å². The molecule has 4 heteroatoms. The van der Waals surface area contributed by atoms with Crippen molar-refractivity contribution in [1.82, 2.24) is 4.98 Å². The molecule has 1 aromatic heterocycles. The molecular formula is C16H20N2OS.